The zero-order chi connectivity index (χ0) is 22.2. The van der Waals surface area contributed by atoms with Crippen LogP contribution < -0.4 is 20.1 Å². The molecule has 1 fully saturated rings. The fourth-order valence-electron chi connectivity index (χ4n) is 4.20. The molecule has 0 aliphatic carbocycles. The lowest BCUT2D eigenvalue weighted by atomic mass is 10.0. The van der Waals surface area contributed by atoms with Crippen LogP contribution in [0.25, 0.3) is 0 Å². The van der Waals surface area contributed by atoms with Gasteiger partial charge in [0.1, 0.15) is 12.2 Å². The largest absolute Gasteiger partial charge is 0.488 e. The average Bonchev–Trinajstić information content (AvgIpc) is 3.02. The fraction of sp³-hybridized carbons (Fsp3) is 0.478. The lowest BCUT2D eigenvalue weighted by Gasteiger charge is -2.36. The van der Waals surface area contributed by atoms with Crippen LogP contribution in [0.1, 0.15) is 25.0 Å². The Morgan fingerprint density at radius 3 is 2.55 bits per heavy atom. The van der Waals surface area contributed by atoms with Gasteiger partial charge in [0, 0.05) is 62.1 Å². The number of fused-ring (bicyclic) bond motifs is 1. The van der Waals surface area contributed by atoms with Crippen molar-refractivity contribution in [2.45, 2.75) is 32.0 Å². The van der Waals surface area contributed by atoms with Crippen molar-refractivity contribution in [2.24, 2.45) is 0 Å². The summed E-state index contributed by atoms with van der Waals surface area (Å²) >= 11 is 0. The third kappa shape index (κ3) is 5.01. The summed E-state index contributed by atoms with van der Waals surface area (Å²) in [4.78, 5) is 4.24. The highest BCUT2D eigenvalue weighted by molar-refractivity contribution is 5.59. The molecule has 2 aliphatic heterocycles. The molecule has 4 rings (SSSR count). The number of piperazine rings is 1. The molecule has 0 amide bonds. The van der Waals surface area contributed by atoms with Crippen LogP contribution in [0.15, 0.2) is 36.4 Å². The third-order valence-electron chi connectivity index (χ3n) is 5.72. The first-order valence-electron chi connectivity index (χ1n) is 10.5. The number of rotatable bonds is 5. The summed E-state index contributed by atoms with van der Waals surface area (Å²) in [6.45, 7) is 8.16. The van der Waals surface area contributed by atoms with Crippen molar-refractivity contribution < 1.29 is 22.6 Å². The Labute approximate surface area is 180 Å². The molecule has 1 saturated heterocycles. The molecule has 0 bridgehead atoms. The number of nitrogen functional groups attached to an aromatic ring is 1. The quantitative estimate of drug-likeness (QED) is 0.714. The van der Waals surface area contributed by atoms with Crippen LogP contribution in [0, 0.1) is 0 Å². The summed E-state index contributed by atoms with van der Waals surface area (Å²) in [5.74, 6) is 1.44. The van der Waals surface area contributed by atoms with Gasteiger partial charge in [-0.1, -0.05) is 6.07 Å². The van der Waals surface area contributed by atoms with Crippen molar-refractivity contribution >= 4 is 11.4 Å². The molecular weight excluding hydrogens is 407 g/mol. The molecule has 0 aromatic heterocycles. The maximum absolute atomic E-state index is 13.0. The van der Waals surface area contributed by atoms with Gasteiger partial charge in [-0.25, -0.2) is 0 Å². The third-order valence-corrected chi connectivity index (χ3v) is 5.72. The highest BCUT2D eigenvalue weighted by atomic mass is 19.4. The van der Waals surface area contributed by atoms with Crippen molar-refractivity contribution in [3.05, 3.63) is 47.5 Å². The average molecular weight is 435 g/mol. The molecule has 2 aromatic rings. The number of hydrogen-bond acceptors (Lipinski definition) is 5. The van der Waals surface area contributed by atoms with E-state index in [1.54, 1.807) is 12.1 Å². The maximum Gasteiger partial charge on any atom is 0.416 e. The number of benzene rings is 2. The Morgan fingerprint density at radius 1 is 1.10 bits per heavy atom. The SMILES string of the molecule is CC1(C)Cc2cc(N)cc(OCCN3CCN(c4cccc(C(F)(F)F)c4)CC3)c2O1. The Balaban J connectivity index is 1.30. The summed E-state index contributed by atoms with van der Waals surface area (Å²) in [6, 6.07) is 9.26. The van der Waals surface area contributed by atoms with E-state index in [-0.39, 0.29) is 5.60 Å². The van der Waals surface area contributed by atoms with E-state index < -0.39 is 11.7 Å². The molecule has 168 valence electrons. The van der Waals surface area contributed by atoms with Gasteiger partial charge in [0.2, 0.25) is 0 Å². The first-order valence-corrected chi connectivity index (χ1v) is 10.5. The Kier molecular flexibility index (Phi) is 5.68. The minimum atomic E-state index is -4.32. The summed E-state index contributed by atoms with van der Waals surface area (Å²) in [7, 11) is 0. The number of halogens is 3. The Bertz CT molecular complexity index is 938. The number of alkyl halides is 3. The molecule has 0 saturated carbocycles. The van der Waals surface area contributed by atoms with Crippen LogP contribution in [-0.4, -0.2) is 49.8 Å². The van der Waals surface area contributed by atoms with Gasteiger partial charge in [0.25, 0.3) is 0 Å². The molecule has 0 atom stereocenters. The van der Waals surface area contributed by atoms with Gasteiger partial charge < -0.3 is 20.1 Å². The molecule has 0 unspecified atom stereocenters. The van der Waals surface area contributed by atoms with E-state index in [1.165, 1.54) is 12.1 Å². The summed E-state index contributed by atoms with van der Waals surface area (Å²) in [5, 5.41) is 0. The first kappa shape index (κ1) is 21.6. The number of nitrogens with two attached hydrogens (primary N) is 1. The van der Waals surface area contributed by atoms with E-state index in [4.69, 9.17) is 15.2 Å². The Morgan fingerprint density at radius 2 is 1.84 bits per heavy atom. The van der Waals surface area contributed by atoms with Gasteiger partial charge in [-0.2, -0.15) is 13.2 Å². The molecule has 2 aliphatic rings. The molecule has 2 heterocycles. The molecule has 0 spiro atoms. The maximum atomic E-state index is 13.0. The zero-order valence-electron chi connectivity index (χ0n) is 17.8. The predicted octanol–water partition coefficient (Wildman–Crippen LogP) is 4.20. The van der Waals surface area contributed by atoms with Crippen LogP contribution in [0.4, 0.5) is 24.5 Å². The molecule has 2 aromatic carbocycles. The minimum absolute atomic E-state index is 0.270. The second-order valence-corrected chi connectivity index (χ2v) is 8.77. The Hall–Kier alpha value is -2.61. The highest BCUT2D eigenvalue weighted by Gasteiger charge is 2.33. The fourth-order valence-corrected chi connectivity index (χ4v) is 4.20. The molecule has 8 heteroatoms. The van der Waals surface area contributed by atoms with E-state index in [9.17, 15) is 13.2 Å². The number of anilines is 2. The summed E-state index contributed by atoms with van der Waals surface area (Å²) in [5.41, 5.74) is 7.47. The number of ether oxygens (including phenoxy) is 2. The van der Waals surface area contributed by atoms with Gasteiger partial charge in [0.05, 0.1) is 5.56 Å². The van der Waals surface area contributed by atoms with Crippen molar-refractivity contribution in [1.29, 1.82) is 0 Å². The summed E-state index contributed by atoms with van der Waals surface area (Å²) in [6.07, 6.45) is -3.53. The van der Waals surface area contributed by atoms with Crippen LogP contribution in [-0.2, 0) is 12.6 Å². The van der Waals surface area contributed by atoms with E-state index in [0.29, 0.717) is 36.8 Å². The van der Waals surface area contributed by atoms with Crippen molar-refractivity contribution in [3.8, 4) is 11.5 Å². The second-order valence-electron chi connectivity index (χ2n) is 8.77. The molecule has 0 radical (unpaired) electrons. The normalized spacial score (nSPS) is 18.5. The van der Waals surface area contributed by atoms with Gasteiger partial charge >= 0.3 is 6.18 Å². The van der Waals surface area contributed by atoms with Gasteiger partial charge in [-0.05, 0) is 38.1 Å². The van der Waals surface area contributed by atoms with Gasteiger partial charge in [-0.15, -0.1) is 0 Å². The molecular formula is C23H28F3N3O2. The van der Waals surface area contributed by atoms with E-state index >= 15 is 0 Å². The zero-order valence-corrected chi connectivity index (χ0v) is 17.8. The molecule has 31 heavy (non-hydrogen) atoms. The van der Waals surface area contributed by atoms with Crippen LogP contribution in [0.3, 0.4) is 0 Å². The van der Waals surface area contributed by atoms with Gasteiger partial charge in [0.15, 0.2) is 11.5 Å². The van der Waals surface area contributed by atoms with Crippen LogP contribution in [0.2, 0.25) is 0 Å². The van der Waals surface area contributed by atoms with E-state index in [2.05, 4.69) is 4.90 Å². The van der Waals surface area contributed by atoms with Crippen molar-refractivity contribution in [1.82, 2.24) is 4.90 Å². The first-order chi connectivity index (χ1) is 14.6. The van der Waals surface area contributed by atoms with Gasteiger partial charge in [-0.3, -0.25) is 4.90 Å². The topological polar surface area (TPSA) is 51.0 Å². The predicted molar refractivity (Wildman–Crippen MR) is 115 cm³/mol. The lowest BCUT2D eigenvalue weighted by molar-refractivity contribution is -0.137. The van der Waals surface area contributed by atoms with Crippen molar-refractivity contribution in [2.75, 3.05) is 50.0 Å². The van der Waals surface area contributed by atoms with Crippen LogP contribution >= 0.6 is 0 Å². The van der Waals surface area contributed by atoms with Crippen molar-refractivity contribution in [3.63, 3.8) is 0 Å². The monoisotopic (exact) mass is 435 g/mol. The second kappa shape index (κ2) is 8.15. The standard InChI is InChI=1S/C23H28F3N3O2/c1-22(2)15-16-12-18(27)14-20(21(16)31-22)30-11-10-28-6-8-29(9-7-28)19-5-3-4-17(13-19)23(24,25)26/h3-5,12-14H,6-11,15,27H2,1-2H3. The minimum Gasteiger partial charge on any atom is -0.488 e. The van der Waals surface area contributed by atoms with E-state index in [1.807, 2.05) is 24.8 Å². The number of hydrogen-bond donors (Lipinski definition) is 1. The van der Waals surface area contributed by atoms with E-state index in [0.717, 1.165) is 43.4 Å². The lowest BCUT2D eigenvalue weighted by Crippen LogP contribution is -2.47. The highest BCUT2D eigenvalue weighted by Crippen LogP contribution is 2.43. The smallest absolute Gasteiger partial charge is 0.416 e. The molecule has 5 nitrogen and oxygen atoms in total. The number of nitrogens with zero attached hydrogens (tertiary/aromatic N) is 2. The summed E-state index contributed by atoms with van der Waals surface area (Å²) < 4.78 is 51.0. The molecule has 2 N–H and O–H groups in total. The van der Waals surface area contributed by atoms with Crippen LogP contribution in [0.5, 0.6) is 11.5 Å².